The Bertz CT molecular complexity index is 610. The van der Waals surface area contributed by atoms with E-state index in [0.717, 1.165) is 11.8 Å². The summed E-state index contributed by atoms with van der Waals surface area (Å²) in [7, 11) is -3.32. The second-order valence-electron chi connectivity index (χ2n) is 3.76. The second kappa shape index (κ2) is 5.14. The number of ether oxygens (including phenoxy) is 1. The van der Waals surface area contributed by atoms with Gasteiger partial charge in [-0.2, -0.15) is 0 Å². The molecule has 1 aromatic heterocycles. The van der Waals surface area contributed by atoms with Crippen LogP contribution in [0.4, 0.5) is 0 Å². The standard InChI is InChI=1S/C12H12N2O3S/c1-18(15,16)12-8-7-11(13-14-12)17-9-10-5-3-2-4-6-10/h2-8H,9H2,1H3. The Morgan fingerprint density at radius 1 is 1.06 bits per heavy atom. The van der Waals surface area contributed by atoms with E-state index in [2.05, 4.69) is 10.2 Å². The molecular weight excluding hydrogens is 252 g/mol. The Hall–Kier alpha value is -1.95. The van der Waals surface area contributed by atoms with Crippen molar-refractivity contribution in [3.63, 3.8) is 0 Å². The van der Waals surface area contributed by atoms with Gasteiger partial charge >= 0.3 is 0 Å². The number of benzene rings is 1. The van der Waals surface area contributed by atoms with Crippen molar-refractivity contribution in [2.75, 3.05) is 6.26 Å². The summed E-state index contributed by atoms with van der Waals surface area (Å²) >= 11 is 0. The molecule has 0 fully saturated rings. The van der Waals surface area contributed by atoms with E-state index in [1.807, 2.05) is 30.3 Å². The van der Waals surface area contributed by atoms with Crippen molar-refractivity contribution in [3.05, 3.63) is 48.0 Å². The maximum Gasteiger partial charge on any atom is 0.233 e. The summed E-state index contributed by atoms with van der Waals surface area (Å²) < 4.78 is 27.8. The highest BCUT2D eigenvalue weighted by atomic mass is 32.2. The Morgan fingerprint density at radius 2 is 1.78 bits per heavy atom. The molecule has 0 unspecified atom stereocenters. The van der Waals surface area contributed by atoms with Gasteiger partial charge in [0.15, 0.2) is 14.9 Å². The fourth-order valence-corrected chi connectivity index (χ4v) is 1.82. The molecule has 0 atom stereocenters. The molecule has 0 aliphatic rings. The average Bonchev–Trinajstić information content (AvgIpc) is 2.37. The van der Waals surface area contributed by atoms with Gasteiger partial charge in [0.2, 0.25) is 5.88 Å². The third-order valence-corrected chi connectivity index (χ3v) is 3.20. The molecule has 0 radical (unpaired) electrons. The van der Waals surface area contributed by atoms with Gasteiger partial charge in [-0.1, -0.05) is 30.3 Å². The van der Waals surface area contributed by atoms with Crippen LogP contribution in [0.5, 0.6) is 5.88 Å². The van der Waals surface area contributed by atoms with E-state index in [4.69, 9.17) is 4.74 Å². The summed E-state index contributed by atoms with van der Waals surface area (Å²) in [4.78, 5) is 0. The Balaban J connectivity index is 2.03. The van der Waals surface area contributed by atoms with Crippen LogP contribution in [0.3, 0.4) is 0 Å². The summed E-state index contributed by atoms with van der Waals surface area (Å²) in [6, 6.07) is 12.5. The quantitative estimate of drug-likeness (QED) is 0.836. The molecule has 94 valence electrons. The van der Waals surface area contributed by atoms with Crippen LogP contribution in [-0.4, -0.2) is 24.9 Å². The van der Waals surface area contributed by atoms with Crippen LogP contribution in [0.2, 0.25) is 0 Å². The lowest BCUT2D eigenvalue weighted by Crippen LogP contribution is -2.04. The van der Waals surface area contributed by atoms with Gasteiger partial charge in [-0.25, -0.2) is 8.42 Å². The van der Waals surface area contributed by atoms with Crippen molar-refractivity contribution < 1.29 is 13.2 Å². The molecule has 0 bridgehead atoms. The van der Waals surface area contributed by atoms with Crippen molar-refractivity contribution >= 4 is 9.84 Å². The number of aromatic nitrogens is 2. The summed E-state index contributed by atoms with van der Waals surface area (Å²) in [5.74, 6) is 0.297. The lowest BCUT2D eigenvalue weighted by Gasteiger charge is -2.04. The van der Waals surface area contributed by atoms with E-state index in [1.165, 1.54) is 12.1 Å². The first kappa shape index (κ1) is 12.5. The van der Waals surface area contributed by atoms with Crippen molar-refractivity contribution in [1.82, 2.24) is 10.2 Å². The van der Waals surface area contributed by atoms with Crippen LogP contribution in [0.1, 0.15) is 5.56 Å². The number of hydrogen-bond acceptors (Lipinski definition) is 5. The van der Waals surface area contributed by atoms with Crippen LogP contribution < -0.4 is 4.74 Å². The molecule has 0 spiro atoms. The molecule has 2 aromatic rings. The van der Waals surface area contributed by atoms with Gasteiger partial charge in [0.25, 0.3) is 0 Å². The monoisotopic (exact) mass is 264 g/mol. The molecule has 1 aromatic carbocycles. The third-order valence-electron chi connectivity index (χ3n) is 2.23. The maximum absolute atomic E-state index is 11.2. The zero-order chi connectivity index (χ0) is 13.0. The minimum atomic E-state index is -3.32. The molecule has 0 aliphatic heterocycles. The largest absolute Gasteiger partial charge is 0.472 e. The molecule has 18 heavy (non-hydrogen) atoms. The predicted octanol–water partition coefficient (Wildman–Crippen LogP) is 1.46. The molecule has 5 nitrogen and oxygen atoms in total. The molecule has 0 saturated heterocycles. The van der Waals surface area contributed by atoms with E-state index in [1.54, 1.807) is 0 Å². The summed E-state index contributed by atoms with van der Waals surface area (Å²) in [6.45, 7) is 0.369. The average molecular weight is 264 g/mol. The first-order chi connectivity index (χ1) is 8.55. The third kappa shape index (κ3) is 3.27. The molecule has 2 rings (SSSR count). The Morgan fingerprint density at radius 3 is 2.33 bits per heavy atom. The van der Waals surface area contributed by atoms with Crippen molar-refractivity contribution in [2.24, 2.45) is 0 Å². The highest BCUT2D eigenvalue weighted by Gasteiger charge is 2.09. The second-order valence-corrected chi connectivity index (χ2v) is 5.72. The van der Waals surface area contributed by atoms with Gasteiger partial charge in [0.05, 0.1) is 0 Å². The number of sulfone groups is 1. The minimum absolute atomic E-state index is 0.0606. The van der Waals surface area contributed by atoms with E-state index < -0.39 is 9.84 Å². The number of hydrogen-bond donors (Lipinski definition) is 0. The molecule has 0 amide bonds. The Labute approximate surface area is 105 Å². The van der Waals surface area contributed by atoms with Crippen LogP contribution in [0, 0.1) is 0 Å². The lowest BCUT2D eigenvalue weighted by atomic mass is 10.2. The van der Waals surface area contributed by atoms with Crippen LogP contribution in [-0.2, 0) is 16.4 Å². The molecular formula is C12H12N2O3S. The lowest BCUT2D eigenvalue weighted by molar-refractivity contribution is 0.289. The summed E-state index contributed by atoms with van der Waals surface area (Å²) in [6.07, 6.45) is 1.08. The van der Waals surface area contributed by atoms with Gasteiger partial charge in [-0.3, -0.25) is 0 Å². The summed E-state index contributed by atoms with van der Waals surface area (Å²) in [5.41, 5.74) is 1.01. The molecule has 0 N–H and O–H groups in total. The van der Waals surface area contributed by atoms with E-state index in [9.17, 15) is 8.42 Å². The molecule has 1 heterocycles. The summed E-state index contributed by atoms with van der Waals surface area (Å²) in [5, 5.41) is 7.25. The molecule has 0 aliphatic carbocycles. The van der Waals surface area contributed by atoms with Crippen LogP contribution >= 0.6 is 0 Å². The highest BCUT2D eigenvalue weighted by molar-refractivity contribution is 7.90. The number of rotatable bonds is 4. The van der Waals surface area contributed by atoms with Gasteiger partial charge in [-0.05, 0) is 11.6 Å². The minimum Gasteiger partial charge on any atom is -0.472 e. The van der Waals surface area contributed by atoms with Gasteiger partial charge in [0.1, 0.15) is 6.61 Å². The smallest absolute Gasteiger partial charge is 0.233 e. The fraction of sp³-hybridized carbons (Fsp3) is 0.167. The van der Waals surface area contributed by atoms with Crippen molar-refractivity contribution in [3.8, 4) is 5.88 Å². The van der Waals surface area contributed by atoms with Crippen LogP contribution in [0.15, 0.2) is 47.5 Å². The normalized spacial score (nSPS) is 11.2. The van der Waals surface area contributed by atoms with Gasteiger partial charge < -0.3 is 4.74 Å². The first-order valence-electron chi connectivity index (χ1n) is 5.26. The van der Waals surface area contributed by atoms with E-state index >= 15 is 0 Å². The predicted molar refractivity (Wildman–Crippen MR) is 65.9 cm³/mol. The van der Waals surface area contributed by atoms with Gasteiger partial charge in [-0.15, -0.1) is 10.2 Å². The topological polar surface area (TPSA) is 69.2 Å². The van der Waals surface area contributed by atoms with Gasteiger partial charge in [0, 0.05) is 12.3 Å². The fourth-order valence-electron chi connectivity index (χ4n) is 1.31. The number of nitrogens with zero attached hydrogens (tertiary/aromatic N) is 2. The zero-order valence-electron chi connectivity index (χ0n) is 9.78. The molecule has 0 saturated carbocycles. The van der Waals surface area contributed by atoms with E-state index in [-0.39, 0.29) is 5.03 Å². The maximum atomic E-state index is 11.2. The molecule has 6 heteroatoms. The van der Waals surface area contributed by atoms with Crippen molar-refractivity contribution in [1.29, 1.82) is 0 Å². The zero-order valence-corrected chi connectivity index (χ0v) is 10.6. The van der Waals surface area contributed by atoms with E-state index in [0.29, 0.717) is 12.5 Å². The Kier molecular flexibility index (Phi) is 3.57. The van der Waals surface area contributed by atoms with Crippen molar-refractivity contribution in [2.45, 2.75) is 11.6 Å². The highest BCUT2D eigenvalue weighted by Crippen LogP contribution is 2.10. The SMILES string of the molecule is CS(=O)(=O)c1ccc(OCc2ccccc2)nn1. The van der Waals surface area contributed by atoms with Crippen LogP contribution in [0.25, 0.3) is 0 Å². The first-order valence-corrected chi connectivity index (χ1v) is 7.15.